The van der Waals surface area contributed by atoms with Gasteiger partial charge in [-0.25, -0.2) is 0 Å². The van der Waals surface area contributed by atoms with Crippen LogP contribution in [0.4, 0.5) is 0 Å². The summed E-state index contributed by atoms with van der Waals surface area (Å²) in [5.74, 6) is 0.448. The van der Waals surface area contributed by atoms with E-state index in [1.807, 2.05) is 18.2 Å². The summed E-state index contributed by atoms with van der Waals surface area (Å²) in [6.07, 6.45) is 0.102. The van der Waals surface area contributed by atoms with Gasteiger partial charge in [-0.05, 0) is 17.8 Å². The Bertz CT molecular complexity index is 325. The molecule has 1 aliphatic heterocycles. The predicted molar refractivity (Wildman–Crippen MR) is 60.0 cm³/mol. The van der Waals surface area contributed by atoms with Gasteiger partial charge in [-0.1, -0.05) is 37.3 Å². The van der Waals surface area contributed by atoms with Gasteiger partial charge < -0.3 is 10.1 Å². The highest BCUT2D eigenvalue weighted by atomic mass is 32.1. The number of rotatable bonds is 1. The highest BCUT2D eigenvalue weighted by molar-refractivity contribution is 7.80. The zero-order valence-electron chi connectivity index (χ0n) is 8.07. The Balaban J connectivity index is 2.20. The molecule has 2 atom stereocenters. The first-order valence-corrected chi connectivity index (χ1v) is 5.17. The Hall–Kier alpha value is -1.09. The Morgan fingerprint density at radius 2 is 2.07 bits per heavy atom. The topological polar surface area (TPSA) is 21.3 Å². The fraction of sp³-hybridized carbons (Fsp3) is 0.364. The molecule has 0 radical (unpaired) electrons. The summed E-state index contributed by atoms with van der Waals surface area (Å²) in [6.45, 7) is 3.05. The monoisotopic (exact) mass is 207 g/mol. The lowest BCUT2D eigenvalue weighted by Gasteiger charge is -2.31. The third-order valence-corrected chi connectivity index (χ3v) is 2.69. The second-order valence-corrected chi connectivity index (χ2v) is 3.97. The minimum atomic E-state index is 0.102. The largest absolute Gasteiger partial charge is 0.463 e. The van der Waals surface area contributed by atoms with Crippen molar-refractivity contribution in [3.63, 3.8) is 0 Å². The van der Waals surface area contributed by atoms with Crippen LogP contribution >= 0.6 is 12.2 Å². The molecule has 0 bridgehead atoms. The fourth-order valence-corrected chi connectivity index (χ4v) is 1.85. The highest BCUT2D eigenvalue weighted by Gasteiger charge is 2.26. The van der Waals surface area contributed by atoms with Crippen LogP contribution in [-0.4, -0.2) is 11.7 Å². The summed E-state index contributed by atoms with van der Waals surface area (Å²) in [4.78, 5) is 0. The van der Waals surface area contributed by atoms with Crippen LogP contribution in [0.5, 0.6) is 0 Å². The molecule has 1 aromatic rings. The average Bonchev–Trinajstić information content (AvgIpc) is 2.23. The molecule has 1 aromatic carbocycles. The van der Waals surface area contributed by atoms with Gasteiger partial charge >= 0.3 is 0 Å². The molecule has 0 amide bonds. The molecule has 0 saturated carbocycles. The molecule has 1 saturated heterocycles. The molecule has 1 aliphatic rings. The molecule has 2 rings (SSSR count). The van der Waals surface area contributed by atoms with E-state index in [4.69, 9.17) is 17.0 Å². The highest BCUT2D eigenvalue weighted by Crippen LogP contribution is 2.27. The summed E-state index contributed by atoms with van der Waals surface area (Å²) >= 11 is 5.00. The van der Waals surface area contributed by atoms with E-state index < -0.39 is 0 Å². The number of hydrogen-bond acceptors (Lipinski definition) is 2. The predicted octanol–water partition coefficient (Wildman–Crippen LogP) is 2.27. The molecule has 2 unspecified atom stereocenters. The van der Waals surface area contributed by atoms with E-state index in [1.165, 1.54) is 5.56 Å². The van der Waals surface area contributed by atoms with Crippen molar-refractivity contribution in [3.8, 4) is 0 Å². The zero-order chi connectivity index (χ0) is 9.97. The van der Waals surface area contributed by atoms with Gasteiger partial charge in [-0.15, -0.1) is 0 Å². The van der Waals surface area contributed by atoms with Crippen molar-refractivity contribution in [2.75, 3.05) is 6.54 Å². The summed E-state index contributed by atoms with van der Waals surface area (Å²) in [5, 5.41) is 3.55. The van der Waals surface area contributed by atoms with Gasteiger partial charge in [-0.2, -0.15) is 0 Å². The van der Waals surface area contributed by atoms with E-state index in [9.17, 15) is 0 Å². The normalized spacial score (nSPS) is 26.5. The van der Waals surface area contributed by atoms with Crippen LogP contribution in [0.15, 0.2) is 30.3 Å². The van der Waals surface area contributed by atoms with Crippen LogP contribution in [0.2, 0.25) is 0 Å². The summed E-state index contributed by atoms with van der Waals surface area (Å²) in [5.41, 5.74) is 1.20. The Morgan fingerprint density at radius 1 is 1.36 bits per heavy atom. The van der Waals surface area contributed by atoms with Crippen molar-refractivity contribution in [2.24, 2.45) is 5.92 Å². The first-order valence-electron chi connectivity index (χ1n) is 4.77. The van der Waals surface area contributed by atoms with Crippen LogP contribution in [0.25, 0.3) is 0 Å². The molecule has 3 heteroatoms. The molecule has 74 valence electrons. The molecule has 1 fully saturated rings. The van der Waals surface area contributed by atoms with Gasteiger partial charge in [0.25, 0.3) is 5.17 Å². The Kier molecular flexibility index (Phi) is 2.68. The zero-order valence-corrected chi connectivity index (χ0v) is 8.88. The molecule has 0 aromatic heterocycles. The van der Waals surface area contributed by atoms with Crippen LogP contribution < -0.4 is 5.32 Å². The van der Waals surface area contributed by atoms with Gasteiger partial charge in [0.2, 0.25) is 0 Å². The van der Waals surface area contributed by atoms with Gasteiger partial charge in [0, 0.05) is 12.5 Å². The van der Waals surface area contributed by atoms with Crippen LogP contribution in [0.1, 0.15) is 18.6 Å². The Labute approximate surface area is 89.3 Å². The Morgan fingerprint density at radius 3 is 2.79 bits per heavy atom. The molecular weight excluding hydrogens is 194 g/mol. The lowest BCUT2D eigenvalue weighted by molar-refractivity contribution is 0.105. The minimum absolute atomic E-state index is 0.102. The van der Waals surface area contributed by atoms with Crippen molar-refractivity contribution in [3.05, 3.63) is 35.9 Å². The lowest BCUT2D eigenvalue weighted by atomic mass is 9.96. The molecule has 1 heterocycles. The summed E-state index contributed by atoms with van der Waals surface area (Å²) < 4.78 is 5.60. The molecule has 0 aliphatic carbocycles. The van der Waals surface area contributed by atoms with E-state index in [-0.39, 0.29) is 6.10 Å². The van der Waals surface area contributed by atoms with E-state index in [1.54, 1.807) is 0 Å². The van der Waals surface area contributed by atoms with Crippen molar-refractivity contribution in [1.29, 1.82) is 0 Å². The van der Waals surface area contributed by atoms with E-state index >= 15 is 0 Å². The number of benzene rings is 1. The SMILES string of the molecule is CC1CNC(=S)OC1c1ccccc1. The first-order chi connectivity index (χ1) is 6.77. The molecular formula is C11H13NOS. The summed E-state index contributed by atoms with van der Waals surface area (Å²) in [7, 11) is 0. The van der Waals surface area contributed by atoms with Gasteiger partial charge in [0.05, 0.1) is 0 Å². The smallest absolute Gasteiger partial charge is 0.257 e. The number of thiocarbonyl (C=S) groups is 1. The molecule has 2 nitrogen and oxygen atoms in total. The second kappa shape index (κ2) is 3.96. The van der Waals surface area contributed by atoms with Crippen molar-refractivity contribution < 1.29 is 4.74 Å². The lowest BCUT2D eigenvalue weighted by Crippen LogP contribution is -2.39. The van der Waals surface area contributed by atoms with E-state index in [2.05, 4.69) is 24.4 Å². The third-order valence-electron chi connectivity index (χ3n) is 2.45. The van der Waals surface area contributed by atoms with Crippen LogP contribution in [0, 0.1) is 5.92 Å². The third kappa shape index (κ3) is 1.87. The maximum absolute atomic E-state index is 5.60. The molecule has 1 N–H and O–H groups in total. The van der Waals surface area contributed by atoms with E-state index in [0.29, 0.717) is 11.1 Å². The molecule has 14 heavy (non-hydrogen) atoms. The first kappa shape index (κ1) is 9.46. The summed E-state index contributed by atoms with van der Waals surface area (Å²) in [6, 6.07) is 10.2. The maximum Gasteiger partial charge on any atom is 0.257 e. The second-order valence-electron chi connectivity index (χ2n) is 3.59. The fourth-order valence-electron chi connectivity index (χ4n) is 1.66. The van der Waals surface area contributed by atoms with Gasteiger partial charge in [0.1, 0.15) is 6.10 Å². The maximum atomic E-state index is 5.60. The van der Waals surface area contributed by atoms with Gasteiger partial charge in [0.15, 0.2) is 0 Å². The van der Waals surface area contributed by atoms with E-state index in [0.717, 1.165) is 6.54 Å². The minimum Gasteiger partial charge on any atom is -0.463 e. The standard InChI is InChI=1S/C11H13NOS/c1-8-7-12-11(14)13-10(8)9-5-3-2-4-6-9/h2-6,8,10H,7H2,1H3,(H,12,14). The van der Waals surface area contributed by atoms with Crippen molar-refractivity contribution in [2.45, 2.75) is 13.0 Å². The van der Waals surface area contributed by atoms with Gasteiger partial charge in [-0.3, -0.25) is 0 Å². The molecule has 0 spiro atoms. The number of hydrogen-bond donors (Lipinski definition) is 1. The number of ether oxygens (including phenoxy) is 1. The van der Waals surface area contributed by atoms with Crippen LogP contribution in [-0.2, 0) is 4.74 Å². The van der Waals surface area contributed by atoms with Crippen LogP contribution in [0.3, 0.4) is 0 Å². The number of nitrogens with one attached hydrogen (secondary N) is 1. The van der Waals surface area contributed by atoms with Crippen molar-refractivity contribution >= 4 is 17.4 Å². The quantitative estimate of drug-likeness (QED) is 0.714. The van der Waals surface area contributed by atoms with Crippen molar-refractivity contribution in [1.82, 2.24) is 5.32 Å². The average molecular weight is 207 g/mol.